The fourth-order valence-electron chi connectivity index (χ4n) is 2.35. The number of aromatic nitrogens is 1. The molecule has 1 heterocycles. The van der Waals surface area contributed by atoms with Crippen LogP contribution in [0.15, 0.2) is 36.4 Å². The summed E-state index contributed by atoms with van der Waals surface area (Å²) in [5.74, 6) is 0.180. The van der Waals surface area contributed by atoms with E-state index in [9.17, 15) is 4.79 Å². The van der Waals surface area contributed by atoms with Gasteiger partial charge in [-0.05, 0) is 49.0 Å². The van der Waals surface area contributed by atoms with Gasteiger partial charge in [-0.15, -0.1) is 0 Å². The van der Waals surface area contributed by atoms with Crippen LogP contribution in [0.4, 0.5) is 5.13 Å². The van der Waals surface area contributed by atoms with Gasteiger partial charge in [-0.1, -0.05) is 35.1 Å². The topological polar surface area (TPSA) is 63.2 Å². The summed E-state index contributed by atoms with van der Waals surface area (Å²) in [6.45, 7) is 1.87. The van der Waals surface area contributed by atoms with Crippen molar-refractivity contribution in [2.45, 2.75) is 6.92 Å². The van der Waals surface area contributed by atoms with E-state index in [1.165, 1.54) is 18.4 Å². The van der Waals surface area contributed by atoms with Gasteiger partial charge in [0, 0.05) is 5.02 Å². The Morgan fingerprint density at radius 2 is 2.12 bits per heavy atom. The van der Waals surface area contributed by atoms with E-state index >= 15 is 0 Å². The molecule has 0 bridgehead atoms. The number of methoxy groups -OCH3 is 1. The van der Waals surface area contributed by atoms with Crippen molar-refractivity contribution in [2.75, 3.05) is 12.4 Å². The molecule has 0 saturated carbocycles. The molecule has 0 atom stereocenters. The smallest absolute Gasteiger partial charge is 0.261 e. The number of nitrogens with one attached hydrogen (secondary N) is 2. The van der Waals surface area contributed by atoms with Crippen molar-refractivity contribution < 1.29 is 9.53 Å². The molecule has 1 amide bonds. The van der Waals surface area contributed by atoms with Gasteiger partial charge < -0.3 is 10.1 Å². The monoisotopic (exact) mass is 391 g/mol. The van der Waals surface area contributed by atoms with Crippen LogP contribution in [-0.4, -0.2) is 23.1 Å². The van der Waals surface area contributed by atoms with Crippen LogP contribution in [0.2, 0.25) is 5.02 Å². The maximum absolute atomic E-state index is 12.4. The largest absolute Gasteiger partial charge is 0.496 e. The highest BCUT2D eigenvalue weighted by atomic mass is 35.5. The van der Waals surface area contributed by atoms with Crippen LogP contribution >= 0.6 is 35.2 Å². The second-order valence-electron chi connectivity index (χ2n) is 5.20. The SMILES string of the molecule is COc1c(C)cccc1C(=O)NC(=S)Nc1nc2ccc(Cl)cc2s1. The zero-order valence-electron chi connectivity index (χ0n) is 13.4. The Labute approximate surface area is 159 Å². The molecule has 0 fully saturated rings. The van der Waals surface area contributed by atoms with E-state index in [0.717, 1.165) is 15.8 Å². The van der Waals surface area contributed by atoms with E-state index in [-0.39, 0.29) is 11.0 Å². The number of nitrogens with zero attached hydrogens (tertiary/aromatic N) is 1. The summed E-state index contributed by atoms with van der Waals surface area (Å²) in [7, 11) is 1.53. The average molecular weight is 392 g/mol. The van der Waals surface area contributed by atoms with Crippen molar-refractivity contribution in [1.82, 2.24) is 10.3 Å². The molecule has 25 heavy (non-hydrogen) atoms. The van der Waals surface area contributed by atoms with Crippen molar-refractivity contribution in [3.05, 3.63) is 52.5 Å². The van der Waals surface area contributed by atoms with E-state index in [2.05, 4.69) is 15.6 Å². The molecule has 128 valence electrons. The van der Waals surface area contributed by atoms with Gasteiger partial charge in [0.05, 0.1) is 22.9 Å². The van der Waals surface area contributed by atoms with Crippen LogP contribution in [-0.2, 0) is 0 Å². The van der Waals surface area contributed by atoms with E-state index < -0.39 is 0 Å². The van der Waals surface area contributed by atoms with Gasteiger partial charge in [0.15, 0.2) is 10.2 Å². The van der Waals surface area contributed by atoms with Crippen molar-refractivity contribution in [3.8, 4) is 5.75 Å². The highest BCUT2D eigenvalue weighted by Gasteiger charge is 2.15. The number of rotatable bonds is 3. The van der Waals surface area contributed by atoms with Crippen molar-refractivity contribution in [2.24, 2.45) is 0 Å². The van der Waals surface area contributed by atoms with E-state index in [1.807, 2.05) is 25.1 Å². The van der Waals surface area contributed by atoms with Gasteiger partial charge in [-0.2, -0.15) is 0 Å². The molecule has 0 spiro atoms. The first kappa shape index (κ1) is 17.6. The molecule has 0 aliphatic carbocycles. The number of para-hydroxylation sites is 1. The van der Waals surface area contributed by atoms with Crippen LogP contribution in [0.3, 0.4) is 0 Å². The fourth-order valence-corrected chi connectivity index (χ4v) is 3.75. The third-order valence-corrected chi connectivity index (χ3v) is 4.83. The minimum atomic E-state index is -0.345. The first-order chi connectivity index (χ1) is 12.0. The lowest BCUT2D eigenvalue weighted by molar-refractivity contribution is 0.0974. The number of ether oxygens (including phenoxy) is 1. The van der Waals surface area contributed by atoms with Crippen LogP contribution in [0, 0.1) is 6.92 Å². The van der Waals surface area contributed by atoms with E-state index in [4.69, 9.17) is 28.6 Å². The number of thiocarbonyl (C=S) groups is 1. The first-order valence-corrected chi connectivity index (χ1v) is 8.90. The molecule has 5 nitrogen and oxygen atoms in total. The van der Waals surface area contributed by atoms with Crippen molar-refractivity contribution in [3.63, 3.8) is 0 Å². The van der Waals surface area contributed by atoms with Gasteiger partial charge >= 0.3 is 0 Å². The number of carbonyl (C=O) groups excluding carboxylic acids is 1. The molecular formula is C17H14ClN3O2S2. The summed E-state index contributed by atoms with van der Waals surface area (Å²) >= 11 is 12.6. The minimum absolute atomic E-state index is 0.165. The second kappa shape index (κ2) is 7.35. The number of hydrogen-bond acceptors (Lipinski definition) is 5. The Balaban J connectivity index is 1.73. The molecule has 0 aliphatic heterocycles. The third-order valence-electron chi connectivity index (χ3n) is 3.46. The van der Waals surface area contributed by atoms with Crippen LogP contribution in [0.5, 0.6) is 5.75 Å². The van der Waals surface area contributed by atoms with Crippen LogP contribution < -0.4 is 15.4 Å². The van der Waals surface area contributed by atoms with Gasteiger partial charge in [0.25, 0.3) is 5.91 Å². The Bertz CT molecular complexity index is 972. The van der Waals surface area contributed by atoms with Crippen LogP contribution in [0.1, 0.15) is 15.9 Å². The normalized spacial score (nSPS) is 10.5. The Morgan fingerprint density at radius 1 is 1.32 bits per heavy atom. The maximum atomic E-state index is 12.4. The van der Waals surface area contributed by atoms with Crippen LogP contribution in [0.25, 0.3) is 10.2 Å². The summed E-state index contributed by atoms with van der Waals surface area (Å²) in [6.07, 6.45) is 0. The lowest BCUT2D eigenvalue weighted by Gasteiger charge is -2.12. The van der Waals surface area contributed by atoms with Crippen molar-refractivity contribution in [1.29, 1.82) is 0 Å². The molecule has 1 aromatic heterocycles. The molecule has 2 N–H and O–H groups in total. The predicted octanol–water partition coefficient (Wildman–Crippen LogP) is 4.39. The van der Waals surface area contributed by atoms with Gasteiger partial charge in [-0.25, -0.2) is 4.98 Å². The number of carbonyl (C=O) groups is 1. The van der Waals surface area contributed by atoms with Gasteiger partial charge in [-0.3, -0.25) is 10.1 Å². The number of thiazole rings is 1. The summed E-state index contributed by atoms with van der Waals surface area (Å²) in [4.78, 5) is 16.8. The minimum Gasteiger partial charge on any atom is -0.496 e. The van der Waals surface area contributed by atoms with E-state index in [0.29, 0.717) is 21.5 Å². The standard InChI is InChI=1S/C17H14ClN3O2S2/c1-9-4-3-5-11(14(9)23-2)15(22)20-16(24)21-17-19-12-7-6-10(18)8-13(12)25-17/h3-8H,1-2H3,(H2,19,20,21,22,24). The number of amides is 1. The van der Waals surface area contributed by atoms with E-state index in [1.54, 1.807) is 18.2 Å². The number of hydrogen-bond donors (Lipinski definition) is 2. The molecule has 3 aromatic rings. The lowest BCUT2D eigenvalue weighted by atomic mass is 10.1. The molecule has 3 rings (SSSR count). The molecule has 0 aliphatic rings. The average Bonchev–Trinajstić information content (AvgIpc) is 2.95. The first-order valence-electron chi connectivity index (χ1n) is 7.30. The summed E-state index contributed by atoms with van der Waals surface area (Å²) in [5.41, 5.74) is 2.10. The molecule has 2 aromatic carbocycles. The summed E-state index contributed by atoms with van der Waals surface area (Å²) in [5, 5.41) is 6.96. The maximum Gasteiger partial charge on any atom is 0.261 e. The second-order valence-corrected chi connectivity index (χ2v) is 7.07. The summed E-state index contributed by atoms with van der Waals surface area (Å²) < 4.78 is 6.24. The molecule has 0 saturated heterocycles. The Hall–Kier alpha value is -2.22. The number of anilines is 1. The van der Waals surface area contributed by atoms with Gasteiger partial charge in [0.2, 0.25) is 0 Å². The zero-order valence-corrected chi connectivity index (χ0v) is 15.8. The number of halogens is 1. The number of fused-ring (bicyclic) bond motifs is 1. The number of benzene rings is 2. The molecule has 8 heteroatoms. The molecule has 0 radical (unpaired) electrons. The zero-order chi connectivity index (χ0) is 18.0. The highest BCUT2D eigenvalue weighted by Crippen LogP contribution is 2.28. The third kappa shape index (κ3) is 3.89. The highest BCUT2D eigenvalue weighted by molar-refractivity contribution is 7.80. The number of aryl methyl sites for hydroxylation is 1. The quantitative estimate of drug-likeness (QED) is 0.648. The lowest BCUT2D eigenvalue weighted by Crippen LogP contribution is -2.34. The van der Waals surface area contributed by atoms with Crippen molar-refractivity contribution >= 4 is 61.5 Å². The Morgan fingerprint density at radius 3 is 2.88 bits per heavy atom. The summed E-state index contributed by atoms with van der Waals surface area (Å²) in [6, 6.07) is 10.8. The predicted molar refractivity (Wildman–Crippen MR) is 106 cm³/mol. The van der Waals surface area contributed by atoms with Gasteiger partial charge in [0.1, 0.15) is 5.75 Å². The molecule has 0 unspecified atom stereocenters. The Kier molecular flexibility index (Phi) is 5.17. The fraction of sp³-hybridized carbons (Fsp3) is 0.118. The molecular weight excluding hydrogens is 378 g/mol.